The smallest absolute Gasteiger partial charge is 0.340 e. The summed E-state index contributed by atoms with van der Waals surface area (Å²) in [7, 11) is -1.31. The van der Waals surface area contributed by atoms with E-state index in [-0.39, 0.29) is 11.5 Å². The van der Waals surface area contributed by atoms with E-state index in [0.717, 1.165) is 19.3 Å². The Morgan fingerprint density at radius 2 is 1.69 bits per heavy atom. The summed E-state index contributed by atoms with van der Waals surface area (Å²) < 4.78 is 17.2. The van der Waals surface area contributed by atoms with Gasteiger partial charge in [0.15, 0.2) is 6.10 Å². The molecule has 1 saturated heterocycles. The molecule has 0 spiro atoms. The molecular weight excluding hydrogens is 386 g/mol. The first-order chi connectivity index (χ1) is 14.0. The number of benzene rings is 2. The molecular formula is C23H27NO4S. The molecule has 0 bridgehead atoms. The van der Waals surface area contributed by atoms with Gasteiger partial charge in [0.25, 0.3) is 5.91 Å². The van der Waals surface area contributed by atoms with E-state index in [1.165, 1.54) is 11.8 Å². The first-order valence-electron chi connectivity index (χ1n) is 9.92. The molecule has 0 unspecified atom stereocenters. The highest BCUT2D eigenvalue weighted by Crippen LogP contribution is 2.23. The van der Waals surface area contributed by atoms with Gasteiger partial charge in [-0.2, -0.15) is 0 Å². The largest absolute Gasteiger partial charge is 0.449 e. The number of piperidine rings is 1. The molecule has 0 aromatic heterocycles. The lowest BCUT2D eigenvalue weighted by Gasteiger charge is -2.33. The number of nitrogens with zero attached hydrogens (tertiary/aromatic N) is 1. The van der Waals surface area contributed by atoms with Gasteiger partial charge in [-0.1, -0.05) is 42.5 Å². The Labute approximate surface area is 174 Å². The van der Waals surface area contributed by atoms with Gasteiger partial charge in [-0.25, -0.2) is 4.79 Å². The maximum absolute atomic E-state index is 12.7. The van der Waals surface area contributed by atoms with Crippen molar-refractivity contribution in [3.63, 3.8) is 0 Å². The van der Waals surface area contributed by atoms with Gasteiger partial charge < -0.3 is 9.64 Å². The van der Waals surface area contributed by atoms with Gasteiger partial charge in [-0.3, -0.25) is 9.00 Å². The van der Waals surface area contributed by atoms with Gasteiger partial charge in [0.05, 0.1) is 21.3 Å². The third-order valence-corrected chi connectivity index (χ3v) is 6.32. The van der Waals surface area contributed by atoms with Gasteiger partial charge in [-0.15, -0.1) is 0 Å². The number of esters is 1. The number of amides is 1. The quantitative estimate of drug-likeness (QED) is 0.681. The summed E-state index contributed by atoms with van der Waals surface area (Å²) in [5.41, 5.74) is 1.57. The van der Waals surface area contributed by atoms with Crippen LogP contribution in [0.25, 0.3) is 0 Å². The van der Waals surface area contributed by atoms with Crippen LogP contribution in [0.4, 0.5) is 0 Å². The lowest BCUT2D eigenvalue weighted by Crippen LogP contribution is -2.44. The van der Waals surface area contributed by atoms with Gasteiger partial charge in [0.1, 0.15) is 0 Å². The average Bonchev–Trinajstić information content (AvgIpc) is 2.74. The summed E-state index contributed by atoms with van der Waals surface area (Å²) in [4.78, 5) is 27.4. The highest BCUT2D eigenvalue weighted by Gasteiger charge is 2.29. The molecule has 3 rings (SSSR count). The molecule has 2 aromatic carbocycles. The van der Waals surface area contributed by atoms with Crippen molar-refractivity contribution in [2.24, 2.45) is 5.92 Å². The van der Waals surface area contributed by atoms with Crippen LogP contribution in [-0.2, 0) is 26.8 Å². The number of ether oxygens (including phenoxy) is 1. The summed E-state index contributed by atoms with van der Waals surface area (Å²) in [5.74, 6) is -0.229. The second-order valence-electron chi connectivity index (χ2n) is 7.46. The van der Waals surface area contributed by atoms with E-state index in [2.05, 4.69) is 24.3 Å². The van der Waals surface area contributed by atoms with E-state index in [0.29, 0.717) is 23.9 Å². The van der Waals surface area contributed by atoms with Crippen molar-refractivity contribution in [1.82, 2.24) is 4.90 Å². The van der Waals surface area contributed by atoms with Crippen molar-refractivity contribution in [2.75, 3.05) is 19.3 Å². The zero-order valence-electron chi connectivity index (χ0n) is 16.9. The normalized spacial score (nSPS) is 16.8. The fourth-order valence-corrected chi connectivity index (χ4v) is 4.45. The Morgan fingerprint density at radius 3 is 2.34 bits per heavy atom. The van der Waals surface area contributed by atoms with Crippen LogP contribution in [0.2, 0.25) is 0 Å². The van der Waals surface area contributed by atoms with E-state index in [4.69, 9.17) is 4.74 Å². The molecule has 1 heterocycles. The van der Waals surface area contributed by atoms with Crippen LogP contribution in [0.5, 0.6) is 0 Å². The lowest BCUT2D eigenvalue weighted by molar-refractivity contribution is -0.141. The second kappa shape index (κ2) is 9.83. The third-order valence-electron chi connectivity index (χ3n) is 5.34. The maximum atomic E-state index is 12.7. The van der Waals surface area contributed by atoms with E-state index in [9.17, 15) is 13.8 Å². The van der Waals surface area contributed by atoms with Crippen LogP contribution in [0.3, 0.4) is 0 Å². The average molecular weight is 414 g/mol. The molecule has 29 heavy (non-hydrogen) atoms. The number of hydrogen-bond acceptors (Lipinski definition) is 4. The fourth-order valence-electron chi connectivity index (χ4n) is 3.72. The molecule has 1 aliphatic heterocycles. The van der Waals surface area contributed by atoms with Gasteiger partial charge >= 0.3 is 5.97 Å². The molecule has 1 aliphatic rings. The SMILES string of the molecule is C[C@@H](OC(=O)c1ccccc1[S@](C)=O)C(=O)N1CCC(Cc2ccccc2)CC1. The first-order valence-corrected chi connectivity index (χ1v) is 11.5. The minimum absolute atomic E-state index is 0.174. The number of likely N-dealkylation sites (tertiary alicyclic amines) is 1. The number of carbonyl (C=O) groups is 2. The Morgan fingerprint density at radius 1 is 1.07 bits per heavy atom. The van der Waals surface area contributed by atoms with Gasteiger partial charge in [-0.05, 0) is 49.8 Å². The minimum Gasteiger partial charge on any atom is -0.449 e. The van der Waals surface area contributed by atoms with Gasteiger partial charge in [0.2, 0.25) is 0 Å². The van der Waals surface area contributed by atoms with Crippen molar-refractivity contribution in [2.45, 2.75) is 37.2 Å². The molecule has 0 saturated carbocycles. The molecule has 5 nitrogen and oxygen atoms in total. The molecule has 0 radical (unpaired) electrons. The molecule has 1 amide bonds. The van der Waals surface area contributed by atoms with Crippen molar-refractivity contribution in [3.8, 4) is 0 Å². The predicted molar refractivity (Wildman–Crippen MR) is 113 cm³/mol. The number of rotatable bonds is 6. The molecule has 6 heteroatoms. The highest BCUT2D eigenvalue weighted by atomic mass is 32.2. The van der Waals surface area contributed by atoms with E-state index in [1.54, 1.807) is 36.1 Å². The number of hydrogen-bond donors (Lipinski definition) is 0. The van der Waals surface area contributed by atoms with Crippen LogP contribution in [-0.4, -0.2) is 46.4 Å². The van der Waals surface area contributed by atoms with Crippen molar-refractivity contribution < 1.29 is 18.5 Å². The zero-order chi connectivity index (χ0) is 20.8. The Kier molecular flexibility index (Phi) is 7.20. The summed E-state index contributed by atoms with van der Waals surface area (Å²) >= 11 is 0. The standard InChI is InChI=1S/C23H27NO4S/c1-17(28-23(26)20-10-6-7-11-21(20)29(2)27)22(25)24-14-12-19(13-15-24)16-18-8-4-3-5-9-18/h3-11,17,19H,12-16H2,1-2H3/t17-,29+/m1/s1. The summed E-state index contributed by atoms with van der Waals surface area (Å²) in [6.07, 6.45) is 3.56. The molecule has 2 aromatic rings. The third kappa shape index (κ3) is 5.54. The number of carbonyl (C=O) groups excluding carboxylic acids is 2. The predicted octanol–water partition coefficient (Wildman–Crippen LogP) is 3.45. The summed E-state index contributed by atoms with van der Waals surface area (Å²) in [5, 5.41) is 0. The topological polar surface area (TPSA) is 63.7 Å². The zero-order valence-corrected chi connectivity index (χ0v) is 17.7. The van der Waals surface area contributed by atoms with E-state index in [1.807, 2.05) is 6.07 Å². The lowest BCUT2D eigenvalue weighted by atomic mass is 9.90. The minimum atomic E-state index is -1.31. The van der Waals surface area contributed by atoms with Crippen LogP contribution in [0.15, 0.2) is 59.5 Å². The fraction of sp³-hybridized carbons (Fsp3) is 0.391. The molecule has 0 aliphatic carbocycles. The van der Waals surface area contributed by atoms with Crippen LogP contribution in [0, 0.1) is 5.92 Å². The van der Waals surface area contributed by atoms with Crippen molar-refractivity contribution >= 4 is 22.7 Å². The van der Waals surface area contributed by atoms with Crippen molar-refractivity contribution in [1.29, 1.82) is 0 Å². The molecule has 2 atom stereocenters. The summed E-state index contributed by atoms with van der Waals surface area (Å²) in [6.45, 7) is 2.95. The molecule has 0 N–H and O–H groups in total. The first kappa shape index (κ1) is 21.2. The van der Waals surface area contributed by atoms with Crippen LogP contribution < -0.4 is 0 Å². The molecule has 1 fully saturated rings. The van der Waals surface area contributed by atoms with Crippen LogP contribution in [0.1, 0.15) is 35.7 Å². The van der Waals surface area contributed by atoms with Gasteiger partial charge in [0, 0.05) is 19.3 Å². The van der Waals surface area contributed by atoms with E-state index < -0.39 is 22.9 Å². The second-order valence-corrected chi connectivity index (χ2v) is 8.80. The highest BCUT2D eigenvalue weighted by molar-refractivity contribution is 7.84. The Bertz CT molecular complexity index is 875. The van der Waals surface area contributed by atoms with E-state index >= 15 is 0 Å². The summed E-state index contributed by atoms with van der Waals surface area (Å²) in [6, 6.07) is 17.0. The monoisotopic (exact) mass is 413 g/mol. The van der Waals surface area contributed by atoms with Crippen LogP contribution >= 0.6 is 0 Å². The maximum Gasteiger partial charge on any atom is 0.340 e. The Hall–Kier alpha value is -2.47. The molecule has 154 valence electrons. The van der Waals surface area contributed by atoms with Crippen molar-refractivity contribution in [3.05, 3.63) is 65.7 Å². The Balaban J connectivity index is 1.53.